The Kier molecular flexibility index (Phi) is 11.6. The monoisotopic (exact) mass is 512 g/mol. The molecule has 0 fully saturated rings. The fourth-order valence-corrected chi connectivity index (χ4v) is 3.53. The van der Waals surface area contributed by atoms with Gasteiger partial charge in [0.2, 0.25) is 5.91 Å². The van der Waals surface area contributed by atoms with Crippen molar-refractivity contribution in [2.45, 2.75) is 59.2 Å². The van der Waals surface area contributed by atoms with Crippen molar-refractivity contribution in [3.8, 4) is 5.75 Å². The second-order valence-corrected chi connectivity index (χ2v) is 9.52. The summed E-state index contributed by atoms with van der Waals surface area (Å²) in [5.41, 5.74) is 1.14. The van der Waals surface area contributed by atoms with E-state index in [4.69, 9.17) is 9.47 Å². The number of rotatable bonds is 12. The minimum Gasteiger partial charge on any atom is -0.465 e. The van der Waals surface area contributed by atoms with Crippen LogP contribution in [0.15, 0.2) is 54.6 Å². The SMILES string of the molecule is COC(=O)c1ccc(OC(=O)[C@H](CC(C)C)NC(=O)[C@H](CC(C)C)NC(=O)OCc2ccccc2)cc1. The van der Waals surface area contributed by atoms with E-state index in [0.29, 0.717) is 18.4 Å². The van der Waals surface area contributed by atoms with E-state index in [2.05, 4.69) is 15.4 Å². The molecule has 2 amide bonds. The van der Waals surface area contributed by atoms with Gasteiger partial charge in [0.05, 0.1) is 12.7 Å². The van der Waals surface area contributed by atoms with Crippen LogP contribution < -0.4 is 15.4 Å². The van der Waals surface area contributed by atoms with Gasteiger partial charge in [-0.25, -0.2) is 14.4 Å². The van der Waals surface area contributed by atoms with E-state index in [1.165, 1.54) is 31.4 Å². The quantitative estimate of drug-likeness (QED) is 0.322. The Morgan fingerprint density at radius 3 is 1.95 bits per heavy atom. The first kappa shape index (κ1) is 29.4. The lowest BCUT2D eigenvalue weighted by Gasteiger charge is -2.24. The summed E-state index contributed by atoms with van der Waals surface area (Å²) in [5, 5.41) is 5.35. The molecule has 2 N–H and O–H groups in total. The number of hydrogen-bond acceptors (Lipinski definition) is 7. The summed E-state index contributed by atoms with van der Waals surface area (Å²) in [6.07, 6.45) is -0.0409. The Morgan fingerprint density at radius 2 is 1.38 bits per heavy atom. The van der Waals surface area contributed by atoms with E-state index < -0.39 is 36.0 Å². The predicted molar refractivity (Wildman–Crippen MR) is 138 cm³/mol. The third-order valence-corrected chi connectivity index (χ3v) is 5.33. The third kappa shape index (κ3) is 10.3. The summed E-state index contributed by atoms with van der Waals surface area (Å²) in [5.74, 6) is -1.27. The number of nitrogens with one attached hydrogen (secondary N) is 2. The predicted octanol–water partition coefficient (Wildman–Crippen LogP) is 4.25. The van der Waals surface area contributed by atoms with Gasteiger partial charge in [-0.3, -0.25) is 4.79 Å². The highest BCUT2D eigenvalue weighted by molar-refractivity contribution is 5.91. The molecule has 9 nitrogen and oxygen atoms in total. The van der Waals surface area contributed by atoms with Crippen molar-refractivity contribution in [2.24, 2.45) is 11.8 Å². The van der Waals surface area contributed by atoms with Gasteiger partial charge in [0, 0.05) is 0 Å². The standard InChI is InChI=1S/C28H36N2O7/c1-18(2)15-23(30-28(34)36-17-20-9-7-6-8-10-20)25(31)29-24(16-19(3)4)27(33)37-22-13-11-21(12-14-22)26(32)35-5/h6-14,18-19,23-24H,15-17H2,1-5H3,(H,29,31)(H,30,34)/t23-,24-/m0/s1. The molecule has 0 aliphatic carbocycles. The summed E-state index contributed by atoms with van der Waals surface area (Å²) in [7, 11) is 1.28. The maximum absolute atomic E-state index is 13.1. The average molecular weight is 513 g/mol. The van der Waals surface area contributed by atoms with Gasteiger partial charge in [-0.15, -0.1) is 0 Å². The van der Waals surface area contributed by atoms with Crippen molar-refractivity contribution >= 4 is 23.9 Å². The first-order valence-electron chi connectivity index (χ1n) is 12.3. The molecule has 0 bridgehead atoms. The van der Waals surface area contributed by atoms with E-state index in [9.17, 15) is 19.2 Å². The molecule has 0 spiro atoms. The molecule has 9 heteroatoms. The molecule has 37 heavy (non-hydrogen) atoms. The Morgan fingerprint density at radius 1 is 0.784 bits per heavy atom. The molecule has 0 heterocycles. The molecule has 200 valence electrons. The van der Waals surface area contributed by atoms with Gasteiger partial charge >= 0.3 is 18.0 Å². The van der Waals surface area contributed by atoms with Gasteiger partial charge in [-0.05, 0) is 54.5 Å². The highest BCUT2D eigenvalue weighted by atomic mass is 16.5. The molecular formula is C28H36N2O7. The summed E-state index contributed by atoms with van der Waals surface area (Å²) >= 11 is 0. The van der Waals surface area contributed by atoms with Crippen LogP contribution in [-0.2, 0) is 25.7 Å². The zero-order valence-electron chi connectivity index (χ0n) is 22.0. The number of ether oxygens (including phenoxy) is 3. The minimum absolute atomic E-state index is 0.0692. The van der Waals surface area contributed by atoms with Gasteiger partial charge in [0.25, 0.3) is 0 Å². The Balaban J connectivity index is 2.05. The Labute approximate surface area is 217 Å². The van der Waals surface area contributed by atoms with E-state index >= 15 is 0 Å². The van der Waals surface area contributed by atoms with Gasteiger partial charge in [-0.2, -0.15) is 0 Å². The van der Waals surface area contributed by atoms with Gasteiger partial charge in [0.1, 0.15) is 24.4 Å². The van der Waals surface area contributed by atoms with Crippen molar-refractivity contribution in [1.82, 2.24) is 10.6 Å². The number of benzene rings is 2. The highest BCUT2D eigenvalue weighted by Crippen LogP contribution is 2.16. The first-order valence-corrected chi connectivity index (χ1v) is 12.3. The molecule has 0 radical (unpaired) electrons. The lowest BCUT2D eigenvalue weighted by Crippen LogP contribution is -2.53. The van der Waals surface area contributed by atoms with Crippen LogP contribution in [0.4, 0.5) is 4.79 Å². The van der Waals surface area contributed by atoms with Crippen LogP contribution in [0.5, 0.6) is 5.75 Å². The summed E-state index contributed by atoms with van der Waals surface area (Å²) < 4.78 is 15.4. The summed E-state index contributed by atoms with van der Waals surface area (Å²) in [6, 6.07) is 13.3. The van der Waals surface area contributed by atoms with Crippen LogP contribution in [-0.4, -0.2) is 43.1 Å². The minimum atomic E-state index is -0.940. The normalized spacial score (nSPS) is 12.4. The van der Waals surface area contributed by atoms with Crippen molar-refractivity contribution < 1.29 is 33.4 Å². The number of amides is 2. The van der Waals surface area contributed by atoms with Crippen LogP contribution >= 0.6 is 0 Å². The van der Waals surface area contributed by atoms with E-state index in [1.54, 1.807) is 0 Å². The Bertz CT molecular complexity index is 1040. The number of methoxy groups -OCH3 is 1. The van der Waals surface area contributed by atoms with E-state index in [1.807, 2.05) is 58.0 Å². The van der Waals surface area contributed by atoms with E-state index in [-0.39, 0.29) is 24.2 Å². The second-order valence-electron chi connectivity index (χ2n) is 9.52. The van der Waals surface area contributed by atoms with Crippen molar-refractivity contribution in [3.63, 3.8) is 0 Å². The fraction of sp³-hybridized carbons (Fsp3) is 0.429. The van der Waals surface area contributed by atoms with Crippen LogP contribution in [0.1, 0.15) is 56.5 Å². The highest BCUT2D eigenvalue weighted by Gasteiger charge is 2.29. The van der Waals surface area contributed by atoms with Crippen LogP contribution in [0.25, 0.3) is 0 Å². The fourth-order valence-electron chi connectivity index (χ4n) is 3.53. The van der Waals surface area contributed by atoms with Crippen molar-refractivity contribution in [1.29, 1.82) is 0 Å². The number of carbonyl (C=O) groups is 4. The molecule has 0 saturated heterocycles. The molecule has 0 saturated carbocycles. The maximum Gasteiger partial charge on any atom is 0.408 e. The zero-order valence-corrected chi connectivity index (χ0v) is 22.0. The third-order valence-electron chi connectivity index (χ3n) is 5.33. The van der Waals surface area contributed by atoms with Gasteiger partial charge < -0.3 is 24.8 Å². The number of carbonyl (C=O) groups excluding carboxylic acids is 4. The molecular weight excluding hydrogens is 476 g/mol. The van der Waals surface area contributed by atoms with Gasteiger partial charge in [-0.1, -0.05) is 58.0 Å². The first-order chi connectivity index (χ1) is 17.6. The van der Waals surface area contributed by atoms with Crippen molar-refractivity contribution in [3.05, 3.63) is 65.7 Å². The smallest absolute Gasteiger partial charge is 0.408 e. The molecule has 0 aliphatic heterocycles. The molecule has 2 aromatic rings. The average Bonchev–Trinajstić information content (AvgIpc) is 2.86. The number of alkyl carbamates (subject to hydrolysis) is 1. The lowest BCUT2D eigenvalue weighted by molar-refractivity contribution is -0.140. The molecule has 0 aliphatic rings. The maximum atomic E-state index is 13.1. The summed E-state index contributed by atoms with van der Waals surface area (Å²) in [6.45, 7) is 7.76. The summed E-state index contributed by atoms with van der Waals surface area (Å²) in [4.78, 5) is 50.1. The van der Waals surface area contributed by atoms with Crippen molar-refractivity contribution in [2.75, 3.05) is 7.11 Å². The second kappa shape index (κ2) is 14.6. The van der Waals surface area contributed by atoms with E-state index in [0.717, 1.165) is 5.56 Å². The lowest BCUT2D eigenvalue weighted by atomic mass is 10.0. The van der Waals surface area contributed by atoms with Crippen LogP contribution in [0, 0.1) is 11.8 Å². The molecule has 0 unspecified atom stereocenters. The Hall–Kier alpha value is -3.88. The number of esters is 2. The molecule has 2 aromatic carbocycles. The number of hydrogen-bond donors (Lipinski definition) is 2. The topological polar surface area (TPSA) is 120 Å². The van der Waals surface area contributed by atoms with Gasteiger partial charge in [0.15, 0.2) is 0 Å². The largest absolute Gasteiger partial charge is 0.465 e. The van der Waals surface area contributed by atoms with Crippen LogP contribution in [0.3, 0.4) is 0 Å². The molecule has 0 aromatic heterocycles. The zero-order chi connectivity index (χ0) is 27.4. The van der Waals surface area contributed by atoms with Crippen LogP contribution in [0.2, 0.25) is 0 Å². The molecule has 2 atom stereocenters. The molecule has 2 rings (SSSR count).